The molecule has 1 aromatic carbocycles. The van der Waals surface area contributed by atoms with Crippen molar-refractivity contribution in [2.75, 3.05) is 6.54 Å². The smallest absolute Gasteiger partial charge is 0.0404 e. The minimum atomic E-state index is -2.18. The van der Waals surface area contributed by atoms with E-state index in [4.69, 9.17) is 4.99 Å². The van der Waals surface area contributed by atoms with E-state index in [2.05, 4.69) is 76.4 Å². The average molecular weight is 558 g/mol. The lowest BCUT2D eigenvalue weighted by Crippen LogP contribution is -2.24. The van der Waals surface area contributed by atoms with Crippen molar-refractivity contribution in [1.82, 2.24) is 4.72 Å². The normalized spacial score (nSPS) is 18.9. The maximum absolute atomic E-state index is 11.0. The van der Waals surface area contributed by atoms with E-state index in [0.29, 0.717) is 23.6 Å². The van der Waals surface area contributed by atoms with Gasteiger partial charge in [-0.15, -0.1) is 11.8 Å². The molecule has 1 aliphatic heterocycles. The second-order valence-electron chi connectivity index (χ2n) is 11.3. The summed E-state index contributed by atoms with van der Waals surface area (Å²) in [5.41, 5.74) is 10.1. The molecule has 4 nitrogen and oxygen atoms in total. The second kappa shape index (κ2) is 15.5. The molecule has 0 saturated carbocycles. The van der Waals surface area contributed by atoms with Crippen LogP contribution in [0.4, 0.5) is 0 Å². The summed E-state index contributed by atoms with van der Waals surface area (Å²) in [6.45, 7) is 14.2. The predicted molar refractivity (Wildman–Crippen MR) is 165 cm³/mol. The lowest BCUT2D eigenvalue weighted by atomic mass is 9.87. The van der Waals surface area contributed by atoms with Crippen LogP contribution in [0.5, 0.6) is 0 Å². The van der Waals surface area contributed by atoms with Gasteiger partial charge >= 0.3 is 0 Å². The molecular weight excluding hydrogens is 508 g/mol. The number of allylic oxidation sites excluding steroid dienone is 3. The highest BCUT2D eigenvalue weighted by atomic mass is 32.2. The molecule has 0 saturated heterocycles. The summed E-state index contributed by atoms with van der Waals surface area (Å²) < 4.78 is 24.6. The fourth-order valence-electron chi connectivity index (χ4n) is 6.00. The number of aryl methyl sites for hydroxylation is 3. The number of nitrogens with one attached hydrogen (secondary N) is 1. The van der Waals surface area contributed by atoms with E-state index in [1.165, 1.54) is 52.2 Å². The topological polar surface area (TPSA) is 64.5 Å². The lowest BCUT2D eigenvalue weighted by molar-refractivity contribution is 0.379. The van der Waals surface area contributed by atoms with Gasteiger partial charge in [-0.3, -0.25) is 9.20 Å². The lowest BCUT2D eigenvalue weighted by Gasteiger charge is -2.29. The Morgan fingerprint density at radius 2 is 1.84 bits per heavy atom. The highest BCUT2D eigenvalue weighted by Crippen LogP contribution is 2.40. The Hall–Kier alpha value is -1.21. The summed E-state index contributed by atoms with van der Waals surface area (Å²) in [4.78, 5) is 6.27. The van der Waals surface area contributed by atoms with Gasteiger partial charge in [-0.2, -0.15) is 0 Å². The first-order valence-electron chi connectivity index (χ1n) is 14.8. The molecule has 0 fully saturated rings. The molecule has 1 N–H and O–H groups in total. The Morgan fingerprint density at radius 3 is 2.50 bits per heavy atom. The summed E-state index contributed by atoms with van der Waals surface area (Å²) in [6, 6.07) is 4.98. The quantitative estimate of drug-likeness (QED) is 0.174. The first-order chi connectivity index (χ1) is 18.2. The summed E-state index contributed by atoms with van der Waals surface area (Å²) in [5.74, 6) is 1.05. The SMILES string of the molecule is CCC1=CN=C(C)C(CCC(C)C(CC(CC)CCNS(=O)[O-])Sc2cc3c(cc2CC)CCC3)=C(C)C1. The van der Waals surface area contributed by atoms with Crippen molar-refractivity contribution in [1.29, 1.82) is 0 Å². The zero-order chi connectivity index (χ0) is 27.7. The van der Waals surface area contributed by atoms with Gasteiger partial charge in [0.2, 0.25) is 0 Å². The minimum absolute atomic E-state index is 0.496. The molecule has 1 aromatic rings. The average Bonchev–Trinajstić information content (AvgIpc) is 3.30. The van der Waals surface area contributed by atoms with E-state index >= 15 is 0 Å². The van der Waals surface area contributed by atoms with Crippen LogP contribution in [-0.4, -0.2) is 26.3 Å². The van der Waals surface area contributed by atoms with Crippen LogP contribution < -0.4 is 4.72 Å². The molecule has 2 aliphatic rings. The van der Waals surface area contributed by atoms with Crippen LogP contribution in [0.3, 0.4) is 0 Å². The Bertz CT molecular complexity index is 1060. The fourth-order valence-corrected chi connectivity index (χ4v) is 7.91. The van der Waals surface area contributed by atoms with E-state index < -0.39 is 11.3 Å². The molecule has 38 heavy (non-hydrogen) atoms. The molecule has 3 rings (SSSR count). The number of aliphatic imine (C=N–C) groups is 1. The molecule has 1 aliphatic carbocycles. The Kier molecular flexibility index (Phi) is 12.8. The number of rotatable bonds is 15. The summed E-state index contributed by atoms with van der Waals surface area (Å²) >= 11 is -0.0899. The number of fused-ring (bicyclic) bond motifs is 1. The molecular formula is C32H49N2O2S2-. The van der Waals surface area contributed by atoms with Gasteiger partial charge < -0.3 is 4.55 Å². The number of benzene rings is 1. The van der Waals surface area contributed by atoms with Crippen molar-refractivity contribution in [2.24, 2.45) is 16.8 Å². The van der Waals surface area contributed by atoms with Crippen molar-refractivity contribution in [3.05, 3.63) is 51.7 Å². The third-order valence-electron chi connectivity index (χ3n) is 8.67. The predicted octanol–water partition coefficient (Wildman–Crippen LogP) is 8.28. The summed E-state index contributed by atoms with van der Waals surface area (Å²) in [5, 5.41) is 0.496. The second-order valence-corrected chi connectivity index (χ2v) is 13.4. The van der Waals surface area contributed by atoms with E-state index in [1.807, 2.05) is 0 Å². The third-order valence-corrected chi connectivity index (χ3v) is 10.7. The highest BCUT2D eigenvalue weighted by Gasteiger charge is 2.25. The van der Waals surface area contributed by atoms with E-state index in [-0.39, 0.29) is 0 Å². The van der Waals surface area contributed by atoms with Crippen LogP contribution in [0.2, 0.25) is 0 Å². The van der Waals surface area contributed by atoms with Crippen molar-refractivity contribution in [3.63, 3.8) is 0 Å². The Morgan fingerprint density at radius 1 is 1.11 bits per heavy atom. The van der Waals surface area contributed by atoms with Gasteiger partial charge in [0, 0.05) is 39.9 Å². The third kappa shape index (κ3) is 8.90. The number of hydrogen-bond donors (Lipinski definition) is 1. The van der Waals surface area contributed by atoms with Crippen LogP contribution in [0.25, 0.3) is 0 Å². The first-order valence-corrected chi connectivity index (χ1v) is 16.8. The number of hydrogen-bond acceptors (Lipinski definition) is 4. The van der Waals surface area contributed by atoms with Crippen LogP contribution in [0.1, 0.15) is 110 Å². The molecule has 0 radical (unpaired) electrons. The zero-order valence-electron chi connectivity index (χ0n) is 24.5. The maximum atomic E-state index is 11.0. The molecule has 0 amide bonds. The Labute approximate surface area is 239 Å². The molecule has 0 aromatic heterocycles. The minimum Gasteiger partial charge on any atom is -0.760 e. The molecule has 1 heterocycles. The van der Waals surface area contributed by atoms with Crippen molar-refractivity contribution < 1.29 is 8.76 Å². The number of nitrogens with zero attached hydrogens (tertiary/aromatic N) is 1. The van der Waals surface area contributed by atoms with Crippen LogP contribution in [0.15, 0.2) is 44.9 Å². The highest BCUT2D eigenvalue weighted by molar-refractivity contribution is 8.00. The van der Waals surface area contributed by atoms with Crippen LogP contribution in [-0.2, 0) is 30.5 Å². The number of thioether (sulfide) groups is 1. The molecule has 0 bridgehead atoms. The first kappa shape index (κ1) is 31.3. The molecule has 4 unspecified atom stereocenters. The van der Waals surface area contributed by atoms with Crippen LogP contribution in [0, 0.1) is 11.8 Å². The molecule has 6 heteroatoms. The zero-order valence-corrected chi connectivity index (χ0v) is 26.2. The van der Waals surface area contributed by atoms with Crippen molar-refractivity contribution in [3.8, 4) is 0 Å². The van der Waals surface area contributed by atoms with Gasteiger partial charge in [0.25, 0.3) is 0 Å². The van der Waals surface area contributed by atoms with Gasteiger partial charge in [-0.1, -0.05) is 45.8 Å². The molecule has 4 atom stereocenters. The van der Waals surface area contributed by atoms with E-state index in [1.54, 1.807) is 11.1 Å². The van der Waals surface area contributed by atoms with E-state index in [9.17, 15) is 8.76 Å². The van der Waals surface area contributed by atoms with Gasteiger partial charge in [-0.05, 0) is 124 Å². The molecule has 0 spiro atoms. The van der Waals surface area contributed by atoms with Gasteiger partial charge in [-0.25, -0.2) is 4.72 Å². The standard InChI is InChI=1S/C32H50N2O2S2/c1-7-25(15-16-34-38(35)36)18-31(37-32-20-29-12-10-11-28(29)19-27(32)9-3)22(4)13-14-30-23(5)17-26(8-2)21-33-24(30)6/h19-22,25,31,34H,7-18H2,1-6H3,(H,35,36)/p-1. The maximum Gasteiger partial charge on any atom is 0.0404 e. The van der Waals surface area contributed by atoms with Crippen molar-refractivity contribution in [2.45, 2.75) is 122 Å². The fraction of sp³-hybridized carbons (Fsp3) is 0.656. The Balaban J connectivity index is 1.79. The monoisotopic (exact) mass is 557 g/mol. The van der Waals surface area contributed by atoms with Crippen molar-refractivity contribution >= 4 is 28.7 Å². The summed E-state index contributed by atoms with van der Waals surface area (Å²) in [7, 11) is 0. The summed E-state index contributed by atoms with van der Waals surface area (Å²) in [6.07, 6.45) is 14.3. The molecule has 212 valence electrons. The van der Waals surface area contributed by atoms with Crippen LogP contribution >= 0.6 is 11.8 Å². The largest absolute Gasteiger partial charge is 0.760 e. The van der Waals surface area contributed by atoms with Gasteiger partial charge in [0.05, 0.1) is 0 Å². The van der Waals surface area contributed by atoms with Gasteiger partial charge in [0.1, 0.15) is 0 Å². The van der Waals surface area contributed by atoms with E-state index in [0.717, 1.165) is 51.4 Å². The van der Waals surface area contributed by atoms with Gasteiger partial charge in [0.15, 0.2) is 0 Å².